The number of amides is 1. The van der Waals surface area contributed by atoms with Crippen LogP contribution in [0.4, 0.5) is 0 Å². The molecule has 0 heterocycles. The van der Waals surface area contributed by atoms with Crippen LogP contribution < -0.4 is 11.1 Å². The van der Waals surface area contributed by atoms with Gasteiger partial charge in [0.05, 0.1) is 5.92 Å². The molecule has 3 N–H and O–H groups in total. The second kappa shape index (κ2) is 5.08. The summed E-state index contributed by atoms with van der Waals surface area (Å²) in [6.45, 7) is 2.62. The Morgan fingerprint density at radius 2 is 1.74 bits per heavy atom. The number of nitrogens with one attached hydrogen (secondary N) is 1. The van der Waals surface area contributed by atoms with E-state index in [-0.39, 0.29) is 17.4 Å². The topological polar surface area (TPSA) is 55.1 Å². The molecule has 1 unspecified atom stereocenters. The zero-order chi connectivity index (χ0) is 13.5. The monoisotopic (exact) mass is 264 g/mol. The first-order chi connectivity index (χ1) is 9.14. The summed E-state index contributed by atoms with van der Waals surface area (Å²) >= 11 is 0. The molecule has 108 valence electrons. The van der Waals surface area contributed by atoms with Gasteiger partial charge in [0.15, 0.2) is 0 Å². The van der Waals surface area contributed by atoms with E-state index < -0.39 is 0 Å². The van der Waals surface area contributed by atoms with Gasteiger partial charge in [-0.05, 0) is 62.7 Å². The summed E-state index contributed by atoms with van der Waals surface area (Å²) in [6.07, 6.45) is 9.92. The molecule has 0 aliphatic heterocycles. The van der Waals surface area contributed by atoms with Crippen molar-refractivity contribution in [1.29, 1.82) is 0 Å². The van der Waals surface area contributed by atoms with Gasteiger partial charge in [0.25, 0.3) is 0 Å². The first-order valence-corrected chi connectivity index (χ1v) is 8.16. The van der Waals surface area contributed by atoms with E-state index in [2.05, 4.69) is 12.2 Å². The van der Waals surface area contributed by atoms with Gasteiger partial charge in [0, 0.05) is 12.1 Å². The van der Waals surface area contributed by atoms with E-state index in [0.29, 0.717) is 6.54 Å². The zero-order valence-electron chi connectivity index (χ0n) is 12.2. The summed E-state index contributed by atoms with van der Waals surface area (Å²) in [7, 11) is 0. The minimum Gasteiger partial charge on any atom is -0.350 e. The maximum absolute atomic E-state index is 12.5. The van der Waals surface area contributed by atoms with Crippen molar-refractivity contribution in [2.75, 3.05) is 6.54 Å². The van der Waals surface area contributed by atoms with E-state index in [9.17, 15) is 4.79 Å². The largest absolute Gasteiger partial charge is 0.350 e. The Balaban J connectivity index is 1.67. The first kappa shape index (κ1) is 13.4. The molecule has 4 aliphatic carbocycles. The van der Waals surface area contributed by atoms with Crippen molar-refractivity contribution in [1.82, 2.24) is 5.32 Å². The summed E-state index contributed by atoms with van der Waals surface area (Å²) in [4.78, 5) is 12.5. The molecule has 0 saturated heterocycles. The summed E-state index contributed by atoms with van der Waals surface area (Å²) in [6, 6.07) is 0. The molecule has 1 atom stereocenters. The molecular formula is C16H28N2O. The molecule has 3 nitrogen and oxygen atoms in total. The van der Waals surface area contributed by atoms with Gasteiger partial charge in [0.1, 0.15) is 0 Å². The van der Waals surface area contributed by atoms with Crippen molar-refractivity contribution in [2.45, 2.75) is 63.8 Å². The Hall–Kier alpha value is -0.570. The summed E-state index contributed by atoms with van der Waals surface area (Å²) in [5.41, 5.74) is 5.91. The minimum atomic E-state index is 0.0259. The van der Waals surface area contributed by atoms with Crippen LogP contribution in [-0.4, -0.2) is 18.0 Å². The van der Waals surface area contributed by atoms with Crippen LogP contribution in [0.15, 0.2) is 0 Å². The minimum absolute atomic E-state index is 0.0259. The highest BCUT2D eigenvalue weighted by Crippen LogP contribution is 2.55. The molecule has 4 fully saturated rings. The van der Waals surface area contributed by atoms with Crippen molar-refractivity contribution in [3.05, 3.63) is 0 Å². The summed E-state index contributed by atoms with van der Waals surface area (Å²) in [5.74, 6) is 2.90. The average Bonchev–Trinajstić information content (AvgIpc) is 2.33. The van der Waals surface area contributed by atoms with E-state index in [1.807, 2.05) is 0 Å². The molecule has 3 heteroatoms. The fraction of sp³-hybridized carbons (Fsp3) is 0.938. The molecule has 0 spiro atoms. The normalized spacial score (nSPS) is 41.3. The number of hydrogen-bond donors (Lipinski definition) is 2. The van der Waals surface area contributed by atoms with Crippen LogP contribution in [0.1, 0.15) is 58.3 Å². The standard InChI is InChI=1S/C16H28N2O/c1-2-3-14(10-17)15(19)18-16-7-11-4-12(8-16)6-13(5-11)9-16/h11-14H,2-10,17H2,1H3,(H,18,19). The Bertz CT molecular complexity index is 317. The van der Waals surface area contributed by atoms with E-state index in [4.69, 9.17) is 5.73 Å². The van der Waals surface area contributed by atoms with Gasteiger partial charge < -0.3 is 11.1 Å². The SMILES string of the molecule is CCCC(CN)C(=O)NC12CC3CC(CC(C3)C1)C2. The number of nitrogens with two attached hydrogens (primary N) is 1. The third-order valence-corrected chi connectivity index (χ3v) is 5.72. The predicted octanol–water partition coefficient (Wildman–Crippen LogP) is 2.45. The lowest BCUT2D eigenvalue weighted by molar-refractivity contribution is -0.130. The van der Waals surface area contributed by atoms with Crippen LogP contribution in [0.25, 0.3) is 0 Å². The van der Waals surface area contributed by atoms with Crippen molar-refractivity contribution in [3.63, 3.8) is 0 Å². The third kappa shape index (κ3) is 2.54. The maximum atomic E-state index is 12.5. The molecule has 4 aliphatic rings. The van der Waals surface area contributed by atoms with Gasteiger partial charge in [-0.3, -0.25) is 4.79 Å². The van der Waals surface area contributed by atoms with E-state index >= 15 is 0 Å². The number of carbonyl (C=O) groups excluding carboxylic acids is 1. The lowest BCUT2D eigenvalue weighted by atomic mass is 9.53. The highest BCUT2D eigenvalue weighted by molar-refractivity contribution is 5.79. The fourth-order valence-corrected chi connectivity index (χ4v) is 5.33. The average molecular weight is 264 g/mol. The molecule has 1 amide bonds. The van der Waals surface area contributed by atoms with Crippen LogP contribution in [0.5, 0.6) is 0 Å². The van der Waals surface area contributed by atoms with Gasteiger partial charge in [-0.1, -0.05) is 13.3 Å². The van der Waals surface area contributed by atoms with Gasteiger partial charge in [-0.2, -0.15) is 0 Å². The van der Waals surface area contributed by atoms with Crippen LogP contribution in [0.2, 0.25) is 0 Å². The van der Waals surface area contributed by atoms with Gasteiger partial charge in [-0.25, -0.2) is 0 Å². The second-order valence-corrected chi connectivity index (χ2v) is 7.41. The summed E-state index contributed by atoms with van der Waals surface area (Å²) < 4.78 is 0. The van der Waals surface area contributed by atoms with Crippen LogP contribution in [0.3, 0.4) is 0 Å². The van der Waals surface area contributed by atoms with Gasteiger partial charge >= 0.3 is 0 Å². The second-order valence-electron chi connectivity index (χ2n) is 7.41. The Morgan fingerprint density at radius 3 is 2.16 bits per heavy atom. The molecule has 4 rings (SSSR count). The van der Waals surface area contributed by atoms with Crippen molar-refractivity contribution < 1.29 is 4.79 Å². The smallest absolute Gasteiger partial charge is 0.224 e. The zero-order valence-corrected chi connectivity index (χ0v) is 12.2. The number of hydrogen-bond acceptors (Lipinski definition) is 2. The molecule has 0 aromatic heterocycles. The van der Waals surface area contributed by atoms with Crippen LogP contribution in [0, 0.1) is 23.7 Å². The number of carbonyl (C=O) groups is 1. The molecular weight excluding hydrogens is 236 g/mol. The molecule has 0 radical (unpaired) electrons. The van der Waals surface area contributed by atoms with Crippen molar-refractivity contribution in [3.8, 4) is 0 Å². The van der Waals surface area contributed by atoms with Crippen molar-refractivity contribution >= 4 is 5.91 Å². The summed E-state index contributed by atoms with van der Waals surface area (Å²) in [5, 5.41) is 3.44. The fourth-order valence-electron chi connectivity index (χ4n) is 5.33. The van der Waals surface area contributed by atoms with Gasteiger partial charge in [-0.15, -0.1) is 0 Å². The maximum Gasteiger partial charge on any atom is 0.224 e. The number of rotatable bonds is 5. The molecule has 19 heavy (non-hydrogen) atoms. The Morgan fingerprint density at radius 1 is 1.21 bits per heavy atom. The van der Waals surface area contributed by atoms with Crippen LogP contribution in [-0.2, 0) is 4.79 Å². The van der Waals surface area contributed by atoms with E-state index in [1.54, 1.807) is 0 Å². The quantitative estimate of drug-likeness (QED) is 0.801. The molecule has 0 aromatic carbocycles. The Labute approximate surface area is 116 Å². The van der Waals surface area contributed by atoms with Crippen LogP contribution >= 0.6 is 0 Å². The molecule has 4 bridgehead atoms. The van der Waals surface area contributed by atoms with E-state index in [0.717, 1.165) is 30.6 Å². The third-order valence-electron chi connectivity index (χ3n) is 5.72. The first-order valence-electron chi connectivity index (χ1n) is 8.16. The molecule has 0 aromatic rings. The van der Waals surface area contributed by atoms with Crippen molar-refractivity contribution in [2.24, 2.45) is 29.4 Å². The lowest BCUT2D eigenvalue weighted by Crippen LogP contribution is -2.61. The highest BCUT2D eigenvalue weighted by Gasteiger charge is 2.51. The Kier molecular flexibility index (Phi) is 3.59. The lowest BCUT2D eigenvalue weighted by Gasteiger charge is -2.57. The van der Waals surface area contributed by atoms with E-state index in [1.165, 1.54) is 38.5 Å². The highest BCUT2D eigenvalue weighted by atomic mass is 16.2. The predicted molar refractivity (Wildman–Crippen MR) is 76.5 cm³/mol. The van der Waals surface area contributed by atoms with Gasteiger partial charge in [0.2, 0.25) is 5.91 Å². The molecule has 4 saturated carbocycles.